The van der Waals surface area contributed by atoms with Crippen LogP contribution in [0.1, 0.15) is 38.8 Å². The van der Waals surface area contributed by atoms with Crippen molar-refractivity contribution in [1.82, 2.24) is 14.7 Å². The Morgan fingerprint density at radius 2 is 2.00 bits per heavy atom. The van der Waals surface area contributed by atoms with Gasteiger partial charge in [-0.1, -0.05) is 6.07 Å². The van der Waals surface area contributed by atoms with Crippen LogP contribution >= 0.6 is 0 Å². The van der Waals surface area contributed by atoms with Crippen molar-refractivity contribution in [3.05, 3.63) is 48.0 Å². The fourth-order valence-electron chi connectivity index (χ4n) is 3.89. The van der Waals surface area contributed by atoms with E-state index in [4.69, 9.17) is 4.74 Å². The van der Waals surface area contributed by atoms with Crippen LogP contribution < -0.4 is 9.62 Å². The van der Waals surface area contributed by atoms with Crippen molar-refractivity contribution in [2.45, 2.75) is 44.5 Å². The lowest BCUT2D eigenvalue weighted by Gasteiger charge is -2.23. The number of ether oxygens (including phenoxy) is 1. The van der Waals surface area contributed by atoms with Gasteiger partial charge in [0.1, 0.15) is 11.9 Å². The summed E-state index contributed by atoms with van der Waals surface area (Å²) >= 11 is 0. The fraction of sp³-hybridized carbons (Fsp3) is 0.458. The van der Waals surface area contributed by atoms with Gasteiger partial charge in [0.05, 0.1) is 29.4 Å². The van der Waals surface area contributed by atoms with Crippen molar-refractivity contribution in [3.8, 4) is 11.1 Å². The fourth-order valence-corrected chi connectivity index (χ4v) is 4.65. The number of sulfonamides is 1. The minimum Gasteiger partial charge on any atom is -0.443 e. The maximum absolute atomic E-state index is 15.0. The number of nitrogens with one attached hydrogen (secondary N) is 1. The van der Waals surface area contributed by atoms with Crippen molar-refractivity contribution >= 4 is 28.0 Å². The predicted octanol–water partition coefficient (Wildman–Crippen LogP) is 3.36. The molecule has 11 heteroatoms. The van der Waals surface area contributed by atoms with Crippen LogP contribution in [-0.2, 0) is 14.8 Å². The minimum atomic E-state index is -3.48. The molecule has 9 nitrogen and oxygen atoms in total. The van der Waals surface area contributed by atoms with Gasteiger partial charge < -0.3 is 4.74 Å². The van der Waals surface area contributed by atoms with E-state index in [1.807, 2.05) is 5.01 Å². The number of pyridine rings is 1. The van der Waals surface area contributed by atoms with Gasteiger partial charge in [-0.25, -0.2) is 22.3 Å². The number of carbonyl (C=O) groups is 1. The summed E-state index contributed by atoms with van der Waals surface area (Å²) in [7, 11) is -3.48. The van der Waals surface area contributed by atoms with Crippen LogP contribution in [0.25, 0.3) is 11.1 Å². The molecule has 2 fully saturated rings. The molecule has 2 saturated heterocycles. The average Bonchev–Trinajstić information content (AvgIpc) is 3.23. The minimum absolute atomic E-state index is 0.0393. The first-order valence-electron chi connectivity index (χ1n) is 11.7. The molecule has 0 unspecified atom stereocenters. The molecule has 0 bridgehead atoms. The Bertz CT molecular complexity index is 1180. The largest absolute Gasteiger partial charge is 0.443 e. The van der Waals surface area contributed by atoms with Gasteiger partial charge in [0, 0.05) is 37.0 Å². The molecule has 188 valence electrons. The topological polar surface area (TPSA) is 104 Å². The highest BCUT2D eigenvalue weighted by molar-refractivity contribution is 7.90. The van der Waals surface area contributed by atoms with E-state index < -0.39 is 33.3 Å². The Labute approximate surface area is 205 Å². The van der Waals surface area contributed by atoms with E-state index in [1.54, 1.807) is 50.5 Å². The molecule has 0 radical (unpaired) electrons. The molecule has 0 aliphatic carbocycles. The lowest BCUT2D eigenvalue weighted by molar-refractivity contribution is 0.143. The second-order valence-corrected chi connectivity index (χ2v) is 11.3. The highest BCUT2D eigenvalue weighted by Crippen LogP contribution is 2.29. The Kier molecular flexibility index (Phi) is 7.66. The van der Waals surface area contributed by atoms with E-state index in [1.165, 1.54) is 17.4 Å². The van der Waals surface area contributed by atoms with Gasteiger partial charge in [0.25, 0.3) is 0 Å². The van der Waals surface area contributed by atoms with Gasteiger partial charge in [0.15, 0.2) is 0 Å². The highest BCUT2D eigenvalue weighted by atomic mass is 32.2. The normalized spacial score (nSPS) is 19.1. The molecule has 1 atom stereocenters. The first-order chi connectivity index (χ1) is 16.7. The van der Waals surface area contributed by atoms with E-state index in [0.717, 1.165) is 25.9 Å². The number of hydrogen-bond donors (Lipinski definition) is 1. The Morgan fingerprint density at radius 3 is 2.66 bits per heavy atom. The van der Waals surface area contributed by atoms with Gasteiger partial charge in [-0.3, -0.25) is 14.9 Å². The van der Waals surface area contributed by atoms with Crippen molar-refractivity contribution < 1.29 is 22.3 Å². The zero-order chi connectivity index (χ0) is 25.0. The SMILES string of the molecule is CC(C)S(=O)(=O)NC[C@H]1CN(c2ccc(-c3ccc(/C=N/N4CCCCC4)nc3)c(F)c2)C(=O)O1. The molecular weight excluding hydrogens is 473 g/mol. The van der Waals surface area contributed by atoms with Crippen LogP contribution in [0.4, 0.5) is 14.9 Å². The number of cyclic esters (lactones) is 1. The molecule has 1 aromatic heterocycles. The quantitative estimate of drug-likeness (QED) is 0.554. The Morgan fingerprint density at radius 1 is 1.23 bits per heavy atom. The number of hydrogen-bond acceptors (Lipinski definition) is 7. The number of amides is 1. The first kappa shape index (κ1) is 25.1. The summed E-state index contributed by atoms with van der Waals surface area (Å²) in [4.78, 5) is 18.0. The molecule has 1 aromatic carbocycles. The monoisotopic (exact) mass is 503 g/mol. The highest BCUT2D eigenvalue weighted by Gasteiger charge is 2.33. The number of nitrogens with zero attached hydrogens (tertiary/aromatic N) is 4. The molecule has 4 rings (SSSR count). The molecule has 2 aliphatic rings. The van der Waals surface area contributed by atoms with Crippen LogP contribution in [0, 0.1) is 5.82 Å². The number of hydrazone groups is 1. The second kappa shape index (κ2) is 10.7. The summed E-state index contributed by atoms with van der Waals surface area (Å²) in [5.74, 6) is -0.504. The average molecular weight is 504 g/mol. The van der Waals surface area contributed by atoms with Crippen molar-refractivity contribution in [2.24, 2.45) is 5.10 Å². The standard InChI is InChI=1S/C24H30FN5O4S/c1-17(2)35(32,33)28-15-21-16-30(24(31)34-21)20-8-9-22(23(25)12-20)18-6-7-19(26-13-18)14-27-29-10-4-3-5-11-29/h6-9,12-14,17,21,28H,3-5,10-11,15-16H2,1-2H3/b27-14+/t21-/m0/s1. The molecule has 1 amide bonds. The molecule has 0 spiro atoms. The first-order valence-corrected chi connectivity index (χ1v) is 13.3. The Balaban J connectivity index is 1.40. The summed E-state index contributed by atoms with van der Waals surface area (Å²) in [6.45, 7) is 5.10. The second-order valence-electron chi connectivity index (χ2n) is 8.95. The predicted molar refractivity (Wildman–Crippen MR) is 132 cm³/mol. The molecule has 2 aliphatic heterocycles. The van der Waals surface area contributed by atoms with Crippen LogP contribution in [0.2, 0.25) is 0 Å². The van der Waals surface area contributed by atoms with Crippen molar-refractivity contribution in [1.29, 1.82) is 0 Å². The number of anilines is 1. The van der Waals surface area contributed by atoms with Crippen molar-refractivity contribution in [2.75, 3.05) is 31.1 Å². The summed E-state index contributed by atoms with van der Waals surface area (Å²) in [6.07, 6.45) is 5.52. The number of benzene rings is 1. The smallest absolute Gasteiger partial charge is 0.414 e. The number of piperidine rings is 1. The van der Waals surface area contributed by atoms with Gasteiger partial charge in [-0.2, -0.15) is 5.10 Å². The van der Waals surface area contributed by atoms with E-state index in [0.29, 0.717) is 22.5 Å². The number of carbonyl (C=O) groups excluding carboxylic acids is 1. The van der Waals surface area contributed by atoms with Gasteiger partial charge in [-0.05, 0) is 57.4 Å². The number of aromatic nitrogens is 1. The third-order valence-electron chi connectivity index (χ3n) is 6.05. The summed E-state index contributed by atoms with van der Waals surface area (Å²) < 4.78 is 46.5. The van der Waals surface area contributed by atoms with Gasteiger partial charge in [0.2, 0.25) is 10.0 Å². The summed E-state index contributed by atoms with van der Waals surface area (Å²) in [5, 5.41) is 5.90. The maximum Gasteiger partial charge on any atom is 0.414 e. The lowest BCUT2D eigenvalue weighted by atomic mass is 10.1. The van der Waals surface area contributed by atoms with Crippen LogP contribution in [0.3, 0.4) is 0 Å². The molecule has 35 heavy (non-hydrogen) atoms. The molecule has 0 saturated carbocycles. The zero-order valence-corrected chi connectivity index (χ0v) is 20.7. The maximum atomic E-state index is 15.0. The van der Waals surface area contributed by atoms with E-state index in [9.17, 15) is 17.6 Å². The Hall–Kier alpha value is -3.05. The molecular formula is C24H30FN5O4S. The zero-order valence-electron chi connectivity index (χ0n) is 19.9. The van der Waals surface area contributed by atoms with E-state index in [-0.39, 0.29) is 13.1 Å². The van der Waals surface area contributed by atoms with Crippen LogP contribution in [-0.4, -0.2) is 68.3 Å². The molecule has 1 N–H and O–H groups in total. The lowest BCUT2D eigenvalue weighted by Crippen LogP contribution is -2.38. The number of rotatable bonds is 8. The summed E-state index contributed by atoms with van der Waals surface area (Å²) in [6, 6.07) is 8.06. The summed E-state index contributed by atoms with van der Waals surface area (Å²) in [5.41, 5.74) is 1.99. The molecule has 2 aromatic rings. The number of halogens is 1. The van der Waals surface area contributed by atoms with E-state index >= 15 is 0 Å². The third-order valence-corrected chi connectivity index (χ3v) is 7.86. The van der Waals surface area contributed by atoms with E-state index in [2.05, 4.69) is 14.8 Å². The molecule has 3 heterocycles. The van der Waals surface area contributed by atoms with Crippen LogP contribution in [0.5, 0.6) is 0 Å². The van der Waals surface area contributed by atoms with Gasteiger partial charge in [-0.15, -0.1) is 0 Å². The van der Waals surface area contributed by atoms with Gasteiger partial charge >= 0.3 is 6.09 Å². The third kappa shape index (κ3) is 6.15. The van der Waals surface area contributed by atoms with Crippen molar-refractivity contribution in [3.63, 3.8) is 0 Å². The van der Waals surface area contributed by atoms with Crippen LogP contribution in [0.15, 0.2) is 41.6 Å².